The number of amides is 2. The van der Waals surface area contributed by atoms with E-state index < -0.39 is 5.60 Å². The molecule has 1 aliphatic heterocycles. The number of anilines is 1. The fourth-order valence-corrected chi connectivity index (χ4v) is 2.92. The van der Waals surface area contributed by atoms with Crippen molar-refractivity contribution in [2.24, 2.45) is 0 Å². The lowest BCUT2D eigenvalue weighted by molar-refractivity contribution is -0.105. The summed E-state index contributed by atoms with van der Waals surface area (Å²) < 4.78 is 5.43. The minimum absolute atomic E-state index is 0.232. The molecule has 1 heterocycles. The summed E-state index contributed by atoms with van der Waals surface area (Å²) in [6.45, 7) is 11.6. The van der Waals surface area contributed by atoms with Gasteiger partial charge in [0.25, 0.3) is 0 Å². The van der Waals surface area contributed by atoms with Gasteiger partial charge in [0.2, 0.25) is 6.41 Å². The van der Waals surface area contributed by atoms with Crippen LogP contribution in [-0.4, -0.2) is 54.1 Å². The Morgan fingerprint density at radius 3 is 2.48 bits per heavy atom. The number of aryl methyl sites for hydroxylation is 1. The molecule has 2 amide bonds. The Kier molecular flexibility index (Phi) is 6.42. The third-order valence-corrected chi connectivity index (χ3v) is 4.20. The molecule has 0 spiro atoms. The molecule has 0 atom stereocenters. The summed E-state index contributed by atoms with van der Waals surface area (Å²) in [6, 6.07) is 6.15. The van der Waals surface area contributed by atoms with Crippen LogP contribution < -0.4 is 5.32 Å². The maximum atomic E-state index is 12.1. The van der Waals surface area contributed by atoms with Crippen molar-refractivity contribution in [1.82, 2.24) is 9.80 Å². The van der Waals surface area contributed by atoms with Crippen LogP contribution in [0.2, 0.25) is 0 Å². The van der Waals surface area contributed by atoms with Crippen molar-refractivity contribution < 1.29 is 14.3 Å². The molecule has 138 valence electrons. The molecule has 1 aliphatic rings. The van der Waals surface area contributed by atoms with Gasteiger partial charge in [-0.3, -0.25) is 9.69 Å². The molecule has 1 aromatic rings. The van der Waals surface area contributed by atoms with E-state index in [1.807, 2.05) is 32.9 Å². The number of carbonyl (C=O) groups is 2. The number of nitrogens with zero attached hydrogens (tertiary/aromatic N) is 2. The lowest BCUT2D eigenvalue weighted by Crippen LogP contribution is -2.49. The maximum Gasteiger partial charge on any atom is 0.410 e. The molecule has 0 aromatic heterocycles. The Bertz CT molecular complexity index is 602. The van der Waals surface area contributed by atoms with E-state index in [0.717, 1.165) is 37.3 Å². The highest BCUT2D eigenvalue weighted by molar-refractivity contribution is 5.73. The van der Waals surface area contributed by atoms with Crippen LogP contribution in [0.4, 0.5) is 10.5 Å². The van der Waals surface area contributed by atoms with Crippen LogP contribution in [0.1, 0.15) is 38.8 Å². The quantitative estimate of drug-likeness (QED) is 0.832. The number of carbonyl (C=O) groups excluding carboxylic acids is 2. The fourth-order valence-electron chi connectivity index (χ4n) is 2.92. The summed E-state index contributed by atoms with van der Waals surface area (Å²) in [5, 5.41) is 2.74. The van der Waals surface area contributed by atoms with E-state index >= 15 is 0 Å². The van der Waals surface area contributed by atoms with Gasteiger partial charge < -0.3 is 15.0 Å². The summed E-state index contributed by atoms with van der Waals surface area (Å²) in [7, 11) is 0. The molecule has 6 nitrogen and oxygen atoms in total. The van der Waals surface area contributed by atoms with E-state index in [-0.39, 0.29) is 6.09 Å². The van der Waals surface area contributed by atoms with Gasteiger partial charge in [-0.05, 0) is 44.4 Å². The molecule has 0 radical (unpaired) electrons. The van der Waals surface area contributed by atoms with Gasteiger partial charge in [0.15, 0.2) is 0 Å². The molecule has 0 aliphatic carbocycles. The SMILES string of the molecule is CCc1cc(CN2CCN(C(=O)OC(C)(C)C)CC2)ccc1NC=O. The molecule has 1 saturated heterocycles. The van der Waals surface area contributed by atoms with Gasteiger partial charge >= 0.3 is 6.09 Å². The topological polar surface area (TPSA) is 61.9 Å². The molecular weight excluding hydrogens is 318 g/mol. The molecule has 0 saturated carbocycles. The highest BCUT2D eigenvalue weighted by Crippen LogP contribution is 2.20. The smallest absolute Gasteiger partial charge is 0.410 e. The summed E-state index contributed by atoms with van der Waals surface area (Å²) in [4.78, 5) is 26.9. The highest BCUT2D eigenvalue weighted by Gasteiger charge is 2.25. The second kappa shape index (κ2) is 8.34. The van der Waals surface area contributed by atoms with Crippen LogP contribution in [0.3, 0.4) is 0 Å². The molecule has 0 bridgehead atoms. The average molecular weight is 347 g/mol. The molecule has 25 heavy (non-hydrogen) atoms. The van der Waals surface area contributed by atoms with Crippen LogP contribution >= 0.6 is 0 Å². The summed E-state index contributed by atoms with van der Waals surface area (Å²) in [5.41, 5.74) is 2.77. The number of hydrogen-bond acceptors (Lipinski definition) is 4. The van der Waals surface area contributed by atoms with E-state index in [1.165, 1.54) is 5.56 Å². The summed E-state index contributed by atoms with van der Waals surface area (Å²) in [6.07, 6.45) is 1.35. The number of benzene rings is 1. The molecule has 1 fully saturated rings. The van der Waals surface area contributed by atoms with Crippen molar-refractivity contribution in [1.29, 1.82) is 0 Å². The Morgan fingerprint density at radius 1 is 1.24 bits per heavy atom. The van der Waals surface area contributed by atoms with Crippen molar-refractivity contribution in [3.05, 3.63) is 29.3 Å². The Labute approximate surface area is 150 Å². The van der Waals surface area contributed by atoms with E-state index in [9.17, 15) is 9.59 Å². The predicted octanol–water partition coefficient (Wildman–Crippen LogP) is 2.87. The first-order valence-electron chi connectivity index (χ1n) is 8.84. The number of nitrogens with one attached hydrogen (secondary N) is 1. The normalized spacial score (nSPS) is 15.8. The van der Waals surface area contributed by atoms with Crippen molar-refractivity contribution in [3.8, 4) is 0 Å². The number of rotatable bonds is 5. The molecule has 1 aromatic carbocycles. The van der Waals surface area contributed by atoms with Crippen molar-refractivity contribution >= 4 is 18.2 Å². The van der Waals surface area contributed by atoms with Gasteiger partial charge in [0, 0.05) is 38.4 Å². The lowest BCUT2D eigenvalue weighted by atomic mass is 10.1. The zero-order valence-corrected chi connectivity index (χ0v) is 15.7. The van der Waals surface area contributed by atoms with E-state index in [4.69, 9.17) is 4.74 Å². The predicted molar refractivity (Wildman–Crippen MR) is 98.6 cm³/mol. The standard InChI is InChI=1S/C19H29N3O3/c1-5-16-12-15(6-7-17(16)20-14-23)13-21-8-10-22(11-9-21)18(24)25-19(2,3)4/h6-7,12,14H,5,8-11,13H2,1-4H3,(H,20,23). The Balaban J connectivity index is 1.89. The minimum Gasteiger partial charge on any atom is -0.444 e. The van der Waals surface area contributed by atoms with Crippen molar-refractivity contribution in [3.63, 3.8) is 0 Å². The second-order valence-electron chi connectivity index (χ2n) is 7.35. The first-order chi connectivity index (χ1) is 11.8. The molecule has 6 heteroatoms. The maximum absolute atomic E-state index is 12.1. The van der Waals surface area contributed by atoms with Crippen LogP contribution in [0.25, 0.3) is 0 Å². The zero-order chi connectivity index (χ0) is 18.4. The van der Waals surface area contributed by atoms with Crippen molar-refractivity contribution in [2.45, 2.75) is 46.3 Å². The second-order valence-corrected chi connectivity index (χ2v) is 7.35. The monoisotopic (exact) mass is 347 g/mol. The Morgan fingerprint density at radius 2 is 1.92 bits per heavy atom. The number of piperazine rings is 1. The van der Waals surface area contributed by atoms with Crippen LogP contribution in [0.15, 0.2) is 18.2 Å². The van der Waals surface area contributed by atoms with Gasteiger partial charge in [0.05, 0.1) is 0 Å². The molecule has 1 N–H and O–H groups in total. The van der Waals surface area contributed by atoms with Crippen LogP contribution in [-0.2, 0) is 22.5 Å². The van der Waals surface area contributed by atoms with E-state index in [1.54, 1.807) is 4.90 Å². The lowest BCUT2D eigenvalue weighted by Gasteiger charge is -2.35. The van der Waals surface area contributed by atoms with Gasteiger partial charge in [0.1, 0.15) is 5.60 Å². The van der Waals surface area contributed by atoms with E-state index in [0.29, 0.717) is 19.5 Å². The minimum atomic E-state index is -0.456. The molecule has 0 unspecified atom stereocenters. The van der Waals surface area contributed by atoms with Crippen molar-refractivity contribution in [2.75, 3.05) is 31.5 Å². The molecule has 2 rings (SSSR count). The molecular formula is C19H29N3O3. The van der Waals surface area contributed by atoms with Crippen LogP contribution in [0.5, 0.6) is 0 Å². The Hall–Kier alpha value is -2.08. The van der Waals surface area contributed by atoms with Gasteiger partial charge in [-0.2, -0.15) is 0 Å². The summed E-state index contributed by atoms with van der Waals surface area (Å²) in [5.74, 6) is 0. The zero-order valence-electron chi connectivity index (χ0n) is 15.7. The van der Waals surface area contributed by atoms with Gasteiger partial charge in [-0.15, -0.1) is 0 Å². The number of ether oxygens (including phenoxy) is 1. The first-order valence-corrected chi connectivity index (χ1v) is 8.84. The fraction of sp³-hybridized carbons (Fsp3) is 0.579. The summed E-state index contributed by atoms with van der Waals surface area (Å²) >= 11 is 0. The average Bonchev–Trinajstić information content (AvgIpc) is 2.55. The third-order valence-electron chi connectivity index (χ3n) is 4.20. The number of hydrogen-bond donors (Lipinski definition) is 1. The highest BCUT2D eigenvalue weighted by atomic mass is 16.6. The third kappa shape index (κ3) is 5.74. The first kappa shape index (κ1) is 19.2. The van der Waals surface area contributed by atoms with E-state index in [2.05, 4.69) is 23.2 Å². The largest absolute Gasteiger partial charge is 0.444 e. The van der Waals surface area contributed by atoms with Gasteiger partial charge in [-0.1, -0.05) is 19.1 Å². The van der Waals surface area contributed by atoms with Crippen LogP contribution in [0, 0.1) is 0 Å². The van der Waals surface area contributed by atoms with Gasteiger partial charge in [-0.25, -0.2) is 4.79 Å².